The summed E-state index contributed by atoms with van der Waals surface area (Å²) < 4.78 is 1.89. The molecular weight excluding hydrogens is 572 g/mol. The molecule has 2 aliphatic heterocycles. The van der Waals surface area contributed by atoms with E-state index in [9.17, 15) is 19.5 Å². The number of benzene rings is 1. The molecule has 45 heavy (non-hydrogen) atoms. The lowest BCUT2D eigenvalue weighted by Gasteiger charge is -2.52. The SMILES string of the molecule is CCCCN1C(=O)C(C(O)C2CCCCC2)NC(=O)C12CCN(Cc1c(C)nn(-c3ccc(C(=O)NCCO)cc3)c1C)CC2. The topological polar surface area (TPSA) is 140 Å². The van der Waals surface area contributed by atoms with Crippen molar-refractivity contribution >= 4 is 17.7 Å². The summed E-state index contributed by atoms with van der Waals surface area (Å²) in [5.41, 5.74) is 3.55. The van der Waals surface area contributed by atoms with Crippen LogP contribution in [0.15, 0.2) is 24.3 Å². The molecule has 3 fully saturated rings. The van der Waals surface area contributed by atoms with E-state index in [2.05, 4.69) is 22.5 Å². The lowest BCUT2D eigenvalue weighted by molar-refractivity contribution is -0.166. The van der Waals surface area contributed by atoms with Gasteiger partial charge in [0.05, 0.1) is 24.1 Å². The molecule has 1 spiro atoms. The van der Waals surface area contributed by atoms with Crippen LogP contribution >= 0.6 is 0 Å². The lowest BCUT2D eigenvalue weighted by atomic mass is 9.78. The monoisotopic (exact) mass is 622 g/mol. The van der Waals surface area contributed by atoms with Gasteiger partial charge >= 0.3 is 0 Å². The van der Waals surface area contributed by atoms with E-state index in [0.717, 1.165) is 67.6 Å². The fraction of sp³-hybridized carbons (Fsp3) is 0.647. The summed E-state index contributed by atoms with van der Waals surface area (Å²) in [6, 6.07) is 6.37. The fourth-order valence-corrected chi connectivity index (χ4v) is 7.44. The van der Waals surface area contributed by atoms with Crippen LogP contribution in [0, 0.1) is 19.8 Å². The molecule has 246 valence electrons. The summed E-state index contributed by atoms with van der Waals surface area (Å²) >= 11 is 0. The third-order valence-corrected chi connectivity index (χ3v) is 10.2. The maximum atomic E-state index is 13.9. The third-order valence-electron chi connectivity index (χ3n) is 10.2. The number of aliphatic hydroxyl groups is 2. The van der Waals surface area contributed by atoms with Gasteiger partial charge in [-0.1, -0.05) is 32.6 Å². The van der Waals surface area contributed by atoms with Crippen molar-refractivity contribution in [1.82, 2.24) is 30.2 Å². The number of rotatable bonds is 11. The van der Waals surface area contributed by atoms with E-state index < -0.39 is 17.7 Å². The van der Waals surface area contributed by atoms with Crippen molar-refractivity contribution in [3.63, 3.8) is 0 Å². The number of piperazine rings is 1. The van der Waals surface area contributed by atoms with Crippen molar-refractivity contribution in [2.45, 2.75) is 103 Å². The minimum atomic E-state index is -0.884. The van der Waals surface area contributed by atoms with Crippen molar-refractivity contribution in [2.75, 3.05) is 32.8 Å². The maximum absolute atomic E-state index is 13.9. The van der Waals surface area contributed by atoms with Gasteiger partial charge < -0.3 is 25.7 Å². The van der Waals surface area contributed by atoms with Crippen LogP contribution in [0.5, 0.6) is 0 Å². The maximum Gasteiger partial charge on any atom is 0.251 e. The highest BCUT2D eigenvalue weighted by molar-refractivity contribution is 6.00. The second-order valence-corrected chi connectivity index (χ2v) is 13.1. The molecule has 1 aliphatic carbocycles. The molecule has 2 atom stereocenters. The first-order valence-electron chi connectivity index (χ1n) is 16.8. The Hall–Kier alpha value is -3.28. The molecule has 3 amide bonds. The molecule has 11 heteroatoms. The molecule has 2 aromatic rings. The first-order valence-corrected chi connectivity index (χ1v) is 16.8. The number of amides is 3. The number of nitrogens with zero attached hydrogens (tertiary/aromatic N) is 4. The molecule has 2 saturated heterocycles. The largest absolute Gasteiger partial charge is 0.395 e. The molecule has 2 unspecified atom stereocenters. The number of aliphatic hydroxyl groups excluding tert-OH is 2. The Morgan fingerprint density at radius 1 is 1.11 bits per heavy atom. The number of nitrogens with one attached hydrogen (secondary N) is 2. The fourth-order valence-electron chi connectivity index (χ4n) is 7.44. The summed E-state index contributed by atoms with van der Waals surface area (Å²) in [7, 11) is 0. The average molecular weight is 623 g/mol. The van der Waals surface area contributed by atoms with Gasteiger partial charge in [0.1, 0.15) is 11.6 Å². The predicted molar refractivity (Wildman–Crippen MR) is 171 cm³/mol. The predicted octanol–water partition coefficient (Wildman–Crippen LogP) is 2.61. The van der Waals surface area contributed by atoms with E-state index in [1.165, 1.54) is 0 Å². The van der Waals surface area contributed by atoms with E-state index in [-0.39, 0.29) is 36.8 Å². The highest BCUT2D eigenvalue weighted by atomic mass is 16.3. The van der Waals surface area contributed by atoms with E-state index in [0.29, 0.717) is 44.6 Å². The number of aromatic nitrogens is 2. The van der Waals surface area contributed by atoms with Crippen LogP contribution in [0.25, 0.3) is 5.69 Å². The second kappa shape index (κ2) is 14.4. The van der Waals surface area contributed by atoms with Gasteiger partial charge in [-0.3, -0.25) is 19.3 Å². The smallest absolute Gasteiger partial charge is 0.251 e. The number of unbranched alkanes of at least 4 members (excludes halogenated alkanes) is 1. The summed E-state index contributed by atoms with van der Waals surface area (Å²) in [5, 5.41) is 30.7. The van der Waals surface area contributed by atoms with E-state index in [1.807, 2.05) is 35.6 Å². The number of carbonyl (C=O) groups is 3. The second-order valence-electron chi connectivity index (χ2n) is 13.1. The number of likely N-dealkylation sites (tertiary alicyclic amines) is 1. The van der Waals surface area contributed by atoms with Crippen LogP contribution in [-0.2, 0) is 16.1 Å². The van der Waals surface area contributed by atoms with Crippen LogP contribution in [0.4, 0.5) is 0 Å². The van der Waals surface area contributed by atoms with Gasteiger partial charge in [-0.15, -0.1) is 0 Å². The molecule has 3 aliphatic rings. The zero-order chi connectivity index (χ0) is 32.1. The van der Waals surface area contributed by atoms with Crippen LogP contribution in [0.3, 0.4) is 0 Å². The highest BCUT2D eigenvalue weighted by Gasteiger charge is 2.55. The molecule has 11 nitrogen and oxygen atoms in total. The van der Waals surface area contributed by atoms with Gasteiger partial charge in [-0.05, 0) is 76.1 Å². The first-order chi connectivity index (χ1) is 21.7. The van der Waals surface area contributed by atoms with Crippen LogP contribution in [0.1, 0.15) is 92.0 Å². The van der Waals surface area contributed by atoms with E-state index >= 15 is 0 Å². The highest BCUT2D eigenvalue weighted by Crippen LogP contribution is 2.37. The summed E-state index contributed by atoms with van der Waals surface area (Å²) in [6.45, 7) is 8.78. The molecule has 0 bridgehead atoms. The quantitative estimate of drug-likeness (QED) is 0.302. The van der Waals surface area contributed by atoms with Gasteiger partial charge in [0.25, 0.3) is 5.91 Å². The zero-order valence-corrected chi connectivity index (χ0v) is 27.1. The Morgan fingerprint density at radius 3 is 2.44 bits per heavy atom. The molecule has 3 heterocycles. The summed E-state index contributed by atoms with van der Waals surface area (Å²) in [4.78, 5) is 44.2. The molecule has 1 saturated carbocycles. The minimum absolute atomic E-state index is 0.0543. The van der Waals surface area contributed by atoms with Crippen molar-refractivity contribution in [2.24, 2.45) is 5.92 Å². The van der Waals surface area contributed by atoms with Crippen molar-refractivity contribution < 1.29 is 24.6 Å². The normalized spacial score (nSPS) is 21.6. The van der Waals surface area contributed by atoms with Crippen molar-refractivity contribution in [1.29, 1.82) is 0 Å². The Morgan fingerprint density at radius 2 is 1.80 bits per heavy atom. The van der Waals surface area contributed by atoms with Gasteiger partial charge in [0.2, 0.25) is 11.8 Å². The number of piperidine rings is 1. The number of hydrogen-bond donors (Lipinski definition) is 4. The summed E-state index contributed by atoms with van der Waals surface area (Å²) in [6.07, 6.45) is 7.09. The van der Waals surface area contributed by atoms with Gasteiger partial charge in [-0.25, -0.2) is 4.68 Å². The van der Waals surface area contributed by atoms with Crippen molar-refractivity contribution in [3.8, 4) is 5.69 Å². The van der Waals surface area contributed by atoms with Gasteiger partial charge in [0.15, 0.2) is 0 Å². The first kappa shape index (κ1) is 33.1. The average Bonchev–Trinajstić information content (AvgIpc) is 3.34. The molecule has 5 rings (SSSR count). The Bertz CT molecular complexity index is 1340. The Balaban J connectivity index is 1.27. The molecule has 1 aromatic carbocycles. The van der Waals surface area contributed by atoms with Crippen LogP contribution in [0.2, 0.25) is 0 Å². The van der Waals surface area contributed by atoms with Gasteiger partial charge in [-0.2, -0.15) is 5.10 Å². The van der Waals surface area contributed by atoms with Crippen LogP contribution in [-0.4, -0.2) is 98.0 Å². The summed E-state index contributed by atoms with van der Waals surface area (Å²) in [5.74, 6) is -0.422. The molecule has 1 aromatic heterocycles. The van der Waals surface area contributed by atoms with E-state index in [4.69, 9.17) is 10.2 Å². The van der Waals surface area contributed by atoms with E-state index in [1.54, 1.807) is 12.1 Å². The lowest BCUT2D eigenvalue weighted by Crippen LogP contribution is -2.75. The number of hydrogen-bond acceptors (Lipinski definition) is 7. The van der Waals surface area contributed by atoms with Crippen molar-refractivity contribution in [3.05, 3.63) is 46.8 Å². The third kappa shape index (κ3) is 6.80. The zero-order valence-electron chi connectivity index (χ0n) is 27.1. The number of carbonyl (C=O) groups excluding carboxylic acids is 3. The minimum Gasteiger partial charge on any atom is -0.395 e. The molecule has 0 radical (unpaired) electrons. The van der Waals surface area contributed by atoms with Gasteiger partial charge in [0, 0.05) is 49.5 Å². The Kier molecular flexibility index (Phi) is 10.6. The number of aryl methyl sites for hydroxylation is 1. The van der Waals surface area contributed by atoms with Crippen LogP contribution < -0.4 is 10.6 Å². The Labute approximate surface area is 266 Å². The molecule has 4 N–H and O–H groups in total. The molecular formula is C34H50N6O5. The standard InChI is InChI=1S/C34H50N6O5/c1-4-5-18-39-32(44)29(30(42)25-9-7-6-8-10-25)36-33(45)34(39)15-19-38(20-16-34)22-28-23(2)37-40(24(28)3)27-13-11-26(12-14-27)31(43)35-17-21-41/h11-14,25,29-30,41-42H,4-10,15-22H2,1-3H3,(H,35,43)(H,36,45).